The van der Waals surface area contributed by atoms with Gasteiger partial charge in [0, 0.05) is 33.3 Å². The van der Waals surface area contributed by atoms with Gasteiger partial charge in [-0.05, 0) is 38.5 Å². The molecule has 1 heterocycles. The first-order valence-electron chi connectivity index (χ1n) is 10.5. The molecule has 0 amide bonds. The fourth-order valence-corrected chi connectivity index (χ4v) is 3.28. The van der Waals surface area contributed by atoms with Crippen molar-refractivity contribution in [2.45, 2.75) is 32.4 Å². The van der Waals surface area contributed by atoms with Crippen LogP contribution in [0.25, 0.3) is 0 Å². The average Bonchev–Trinajstić information content (AvgIpc) is 2.78. The van der Waals surface area contributed by atoms with Crippen LogP contribution in [0.2, 0.25) is 0 Å². The van der Waals surface area contributed by atoms with E-state index in [1.54, 1.807) is 21.3 Å². The molecule has 1 aromatic carbocycles. The molecule has 0 radical (unpaired) electrons. The number of rotatable bonds is 10. The topological polar surface area (TPSA) is 76.6 Å². The third-order valence-electron chi connectivity index (χ3n) is 5.26. The molecule has 0 saturated carbocycles. The monoisotopic (exact) mass is 550 g/mol. The maximum Gasteiger partial charge on any atom is 0.191 e. The maximum absolute atomic E-state index is 5.56. The Balaban J connectivity index is 0.00000480. The number of halogens is 1. The van der Waals surface area contributed by atoms with Crippen LogP contribution in [-0.2, 0) is 9.47 Å². The summed E-state index contributed by atoms with van der Waals surface area (Å²) in [6.45, 7) is 11.4. The van der Waals surface area contributed by atoms with Gasteiger partial charge in [0.25, 0.3) is 0 Å². The van der Waals surface area contributed by atoms with Crippen molar-refractivity contribution in [3.63, 3.8) is 0 Å². The third-order valence-corrected chi connectivity index (χ3v) is 5.26. The third kappa shape index (κ3) is 8.63. The lowest BCUT2D eigenvalue weighted by molar-refractivity contribution is 0.0169. The molecule has 1 unspecified atom stereocenters. The van der Waals surface area contributed by atoms with E-state index >= 15 is 0 Å². The van der Waals surface area contributed by atoms with Gasteiger partial charge >= 0.3 is 0 Å². The molecule has 0 aliphatic carbocycles. The molecule has 2 N–H and O–H groups in total. The van der Waals surface area contributed by atoms with Crippen LogP contribution in [-0.4, -0.2) is 83.7 Å². The van der Waals surface area contributed by atoms with Crippen LogP contribution in [0.4, 0.5) is 0 Å². The Bertz CT molecular complexity index is 681. The van der Waals surface area contributed by atoms with E-state index in [2.05, 4.69) is 34.6 Å². The molecular weight excluding hydrogens is 511 g/mol. The number of aliphatic imine (C=N–C) groups is 1. The van der Waals surface area contributed by atoms with Gasteiger partial charge in [-0.1, -0.05) is 6.07 Å². The molecule has 8 nitrogen and oxygen atoms in total. The number of nitrogens with one attached hydrogen (secondary N) is 2. The van der Waals surface area contributed by atoms with Gasteiger partial charge in [-0.3, -0.25) is 9.89 Å². The molecule has 0 spiro atoms. The molecule has 178 valence electrons. The summed E-state index contributed by atoms with van der Waals surface area (Å²) in [7, 11) is 5.03. The van der Waals surface area contributed by atoms with Gasteiger partial charge < -0.3 is 29.6 Å². The van der Waals surface area contributed by atoms with E-state index in [4.69, 9.17) is 23.9 Å². The quantitative estimate of drug-likeness (QED) is 0.264. The van der Waals surface area contributed by atoms with Gasteiger partial charge in [-0.15, -0.1) is 24.0 Å². The van der Waals surface area contributed by atoms with Crippen molar-refractivity contribution < 1.29 is 18.9 Å². The highest BCUT2D eigenvalue weighted by atomic mass is 127. The fourth-order valence-electron chi connectivity index (χ4n) is 3.28. The second kappa shape index (κ2) is 14.0. The molecule has 1 fully saturated rings. The molecule has 1 atom stereocenters. The van der Waals surface area contributed by atoms with Crippen LogP contribution in [0.1, 0.15) is 32.4 Å². The summed E-state index contributed by atoms with van der Waals surface area (Å²) in [5, 5.41) is 6.83. The molecule has 31 heavy (non-hydrogen) atoms. The average molecular weight is 550 g/mol. The molecule has 9 heteroatoms. The van der Waals surface area contributed by atoms with Crippen LogP contribution in [0.3, 0.4) is 0 Å². The highest BCUT2D eigenvalue weighted by Gasteiger charge is 2.24. The number of guanidine groups is 1. The van der Waals surface area contributed by atoms with Crippen molar-refractivity contribution >= 4 is 29.9 Å². The molecule has 0 aromatic heterocycles. The lowest BCUT2D eigenvalue weighted by Gasteiger charge is -2.35. The number of benzene rings is 1. The van der Waals surface area contributed by atoms with Crippen molar-refractivity contribution in [1.29, 1.82) is 0 Å². The zero-order chi connectivity index (χ0) is 22.0. The summed E-state index contributed by atoms with van der Waals surface area (Å²) in [5.74, 6) is 2.24. The Morgan fingerprint density at radius 2 is 1.81 bits per heavy atom. The molecular formula is C22H39IN4O4. The van der Waals surface area contributed by atoms with E-state index in [-0.39, 0.29) is 35.6 Å². The van der Waals surface area contributed by atoms with E-state index in [0.29, 0.717) is 13.1 Å². The largest absolute Gasteiger partial charge is 0.493 e. The number of morpholine rings is 1. The predicted molar refractivity (Wildman–Crippen MR) is 135 cm³/mol. The van der Waals surface area contributed by atoms with Gasteiger partial charge in [-0.2, -0.15) is 0 Å². The standard InChI is InChI=1S/C22H38N4O4.HI/c1-7-23-21(25-16-22(2,3)29-6)24-15-18(26-10-12-30-13-11-26)17-8-9-19(27-4)20(14-17)28-5;/h8-9,14,18H,7,10-13,15-16H2,1-6H3,(H2,23,24,25);1H. The summed E-state index contributed by atoms with van der Waals surface area (Å²) >= 11 is 0. The smallest absolute Gasteiger partial charge is 0.191 e. The van der Waals surface area contributed by atoms with Crippen LogP contribution in [0.5, 0.6) is 11.5 Å². The van der Waals surface area contributed by atoms with Crippen molar-refractivity contribution in [1.82, 2.24) is 15.5 Å². The van der Waals surface area contributed by atoms with Crippen molar-refractivity contribution in [3.05, 3.63) is 23.8 Å². The van der Waals surface area contributed by atoms with Gasteiger partial charge in [0.1, 0.15) is 0 Å². The lowest BCUT2D eigenvalue weighted by Crippen LogP contribution is -2.46. The van der Waals surface area contributed by atoms with Gasteiger partial charge in [0.15, 0.2) is 17.5 Å². The second-order valence-electron chi connectivity index (χ2n) is 7.82. The summed E-state index contributed by atoms with van der Waals surface area (Å²) in [4.78, 5) is 7.14. The Hall–Kier alpha value is -1.30. The summed E-state index contributed by atoms with van der Waals surface area (Å²) in [6, 6.07) is 6.26. The molecule has 1 saturated heterocycles. The highest BCUT2D eigenvalue weighted by Crippen LogP contribution is 2.32. The van der Waals surface area contributed by atoms with Crippen LogP contribution in [0, 0.1) is 0 Å². The number of hydrogen-bond donors (Lipinski definition) is 2. The first-order chi connectivity index (χ1) is 14.4. The summed E-state index contributed by atoms with van der Waals surface area (Å²) in [6.07, 6.45) is 0. The van der Waals surface area contributed by atoms with E-state index in [1.165, 1.54) is 0 Å². The zero-order valence-electron chi connectivity index (χ0n) is 19.7. The van der Waals surface area contributed by atoms with E-state index in [1.807, 2.05) is 19.9 Å². The molecule has 2 rings (SSSR count). The van der Waals surface area contributed by atoms with Gasteiger partial charge in [0.05, 0.1) is 45.6 Å². The van der Waals surface area contributed by atoms with Crippen molar-refractivity contribution in [3.8, 4) is 11.5 Å². The number of methoxy groups -OCH3 is 3. The van der Waals surface area contributed by atoms with Crippen LogP contribution >= 0.6 is 24.0 Å². The molecule has 1 aliphatic rings. The number of hydrogen-bond acceptors (Lipinski definition) is 6. The number of nitrogens with zero attached hydrogens (tertiary/aromatic N) is 2. The summed E-state index contributed by atoms with van der Waals surface area (Å²) in [5.41, 5.74) is 0.852. The summed E-state index contributed by atoms with van der Waals surface area (Å²) < 4.78 is 22.0. The normalized spacial score (nSPS) is 16.3. The predicted octanol–water partition coefficient (Wildman–Crippen LogP) is 2.68. The minimum Gasteiger partial charge on any atom is -0.493 e. The van der Waals surface area contributed by atoms with E-state index < -0.39 is 0 Å². The molecule has 1 aliphatic heterocycles. The lowest BCUT2D eigenvalue weighted by atomic mass is 10.0. The van der Waals surface area contributed by atoms with E-state index in [0.717, 1.165) is 55.9 Å². The first kappa shape index (κ1) is 27.7. The Kier molecular flexibility index (Phi) is 12.5. The second-order valence-corrected chi connectivity index (χ2v) is 7.82. The minimum atomic E-state index is -0.310. The Labute approximate surface area is 204 Å². The first-order valence-corrected chi connectivity index (χ1v) is 10.5. The minimum absolute atomic E-state index is 0. The zero-order valence-corrected chi connectivity index (χ0v) is 22.0. The van der Waals surface area contributed by atoms with E-state index in [9.17, 15) is 0 Å². The maximum atomic E-state index is 5.56. The molecule has 0 bridgehead atoms. The SMILES string of the molecule is CCNC(=NCC(C)(C)OC)NCC(c1ccc(OC)c(OC)c1)N1CCOCC1.I. The van der Waals surface area contributed by atoms with Crippen molar-refractivity contribution in [2.75, 3.05) is 67.3 Å². The fraction of sp³-hybridized carbons (Fsp3) is 0.682. The van der Waals surface area contributed by atoms with Crippen LogP contribution < -0.4 is 20.1 Å². The molecule has 1 aromatic rings. The highest BCUT2D eigenvalue weighted by molar-refractivity contribution is 14.0. The van der Waals surface area contributed by atoms with Gasteiger partial charge in [-0.25, -0.2) is 0 Å². The Morgan fingerprint density at radius 1 is 1.13 bits per heavy atom. The number of ether oxygens (including phenoxy) is 4. The Morgan fingerprint density at radius 3 is 2.39 bits per heavy atom. The van der Waals surface area contributed by atoms with Gasteiger partial charge in [0.2, 0.25) is 0 Å². The van der Waals surface area contributed by atoms with Crippen LogP contribution in [0.15, 0.2) is 23.2 Å². The van der Waals surface area contributed by atoms with Crippen molar-refractivity contribution in [2.24, 2.45) is 4.99 Å².